The maximum absolute atomic E-state index is 12.1. The van der Waals surface area contributed by atoms with Crippen LogP contribution in [0.3, 0.4) is 0 Å². The lowest BCUT2D eigenvalue weighted by molar-refractivity contribution is -0.116. The standard InChI is InChI=1S/C19H19N3O2/c1-12-8-16-6-5-15(9-17(16)10-18(12)24-4)7-13(2)19(23)22-14(3)21-11-20/h5-10H,1-4H3,(H,21,22,23)/b13-7+. The summed E-state index contributed by atoms with van der Waals surface area (Å²) in [5, 5.41) is 13.2. The van der Waals surface area contributed by atoms with E-state index in [4.69, 9.17) is 10.00 Å². The summed E-state index contributed by atoms with van der Waals surface area (Å²) in [5.74, 6) is 0.823. The Morgan fingerprint density at radius 3 is 2.67 bits per heavy atom. The fraction of sp³-hybridized carbons (Fsp3) is 0.211. The van der Waals surface area contributed by atoms with Crippen molar-refractivity contribution in [2.75, 3.05) is 7.11 Å². The second-order valence-electron chi connectivity index (χ2n) is 5.51. The summed E-state index contributed by atoms with van der Waals surface area (Å²) in [6.45, 7) is 5.29. The van der Waals surface area contributed by atoms with Crippen LogP contribution in [-0.4, -0.2) is 18.9 Å². The van der Waals surface area contributed by atoms with E-state index in [1.54, 1.807) is 33.2 Å². The molecule has 0 aliphatic carbocycles. The van der Waals surface area contributed by atoms with Crippen molar-refractivity contribution in [3.8, 4) is 11.9 Å². The van der Waals surface area contributed by atoms with Gasteiger partial charge in [-0.25, -0.2) is 0 Å². The van der Waals surface area contributed by atoms with Gasteiger partial charge in [0.15, 0.2) is 0 Å². The molecule has 0 aliphatic heterocycles. The number of methoxy groups -OCH3 is 1. The molecule has 0 heterocycles. The molecule has 0 saturated heterocycles. The Morgan fingerprint density at radius 2 is 2.00 bits per heavy atom. The normalized spacial score (nSPS) is 12.0. The molecule has 1 amide bonds. The minimum atomic E-state index is -0.284. The van der Waals surface area contributed by atoms with Crippen molar-refractivity contribution in [1.82, 2.24) is 5.32 Å². The number of rotatable bonds is 3. The fourth-order valence-corrected chi connectivity index (χ4v) is 2.40. The predicted octanol–water partition coefficient (Wildman–Crippen LogP) is 3.58. The Morgan fingerprint density at radius 1 is 1.25 bits per heavy atom. The number of nitrogens with zero attached hydrogens (tertiary/aromatic N) is 2. The maximum atomic E-state index is 12.1. The minimum Gasteiger partial charge on any atom is -0.496 e. The Balaban J connectivity index is 2.31. The fourth-order valence-electron chi connectivity index (χ4n) is 2.40. The van der Waals surface area contributed by atoms with Gasteiger partial charge in [-0.3, -0.25) is 4.79 Å². The van der Waals surface area contributed by atoms with Gasteiger partial charge in [0, 0.05) is 5.57 Å². The average Bonchev–Trinajstić information content (AvgIpc) is 2.54. The first-order valence-corrected chi connectivity index (χ1v) is 7.46. The van der Waals surface area contributed by atoms with Crippen molar-refractivity contribution < 1.29 is 9.53 Å². The molecule has 0 radical (unpaired) electrons. The SMILES string of the molecule is COc1cc2cc(/C=C(\C)C(=O)NC(C)=NC#N)ccc2cc1C. The van der Waals surface area contributed by atoms with Crippen molar-refractivity contribution in [3.63, 3.8) is 0 Å². The summed E-state index contributed by atoms with van der Waals surface area (Å²) < 4.78 is 5.36. The van der Waals surface area contributed by atoms with Crippen LogP contribution >= 0.6 is 0 Å². The van der Waals surface area contributed by atoms with Crippen LogP contribution in [0.2, 0.25) is 0 Å². The smallest absolute Gasteiger partial charge is 0.252 e. The molecule has 2 aromatic rings. The van der Waals surface area contributed by atoms with Crippen LogP contribution in [0.1, 0.15) is 25.0 Å². The van der Waals surface area contributed by atoms with E-state index in [0.29, 0.717) is 5.57 Å². The van der Waals surface area contributed by atoms with Gasteiger partial charge in [0.05, 0.1) is 7.11 Å². The summed E-state index contributed by atoms with van der Waals surface area (Å²) in [6.07, 6.45) is 3.43. The van der Waals surface area contributed by atoms with Gasteiger partial charge in [0.25, 0.3) is 5.91 Å². The van der Waals surface area contributed by atoms with E-state index in [1.165, 1.54) is 0 Å². The van der Waals surface area contributed by atoms with Crippen LogP contribution in [0.5, 0.6) is 5.75 Å². The molecule has 2 rings (SSSR count). The van der Waals surface area contributed by atoms with E-state index in [9.17, 15) is 4.79 Å². The number of hydrogen-bond donors (Lipinski definition) is 1. The zero-order valence-corrected chi connectivity index (χ0v) is 14.2. The predicted molar refractivity (Wildman–Crippen MR) is 95.8 cm³/mol. The maximum Gasteiger partial charge on any atom is 0.252 e. The van der Waals surface area contributed by atoms with Gasteiger partial charge in [-0.15, -0.1) is 0 Å². The first kappa shape index (κ1) is 17.2. The summed E-state index contributed by atoms with van der Waals surface area (Å²) in [7, 11) is 1.65. The van der Waals surface area contributed by atoms with Gasteiger partial charge in [-0.05, 0) is 66.9 Å². The number of nitriles is 1. The zero-order chi connectivity index (χ0) is 17.7. The molecule has 122 valence electrons. The minimum absolute atomic E-state index is 0.272. The highest BCUT2D eigenvalue weighted by atomic mass is 16.5. The van der Waals surface area contributed by atoms with Crippen LogP contribution in [-0.2, 0) is 4.79 Å². The summed E-state index contributed by atoms with van der Waals surface area (Å²) in [6, 6.07) is 10.0. The number of aryl methyl sites for hydroxylation is 1. The first-order chi connectivity index (χ1) is 11.4. The van der Waals surface area contributed by atoms with Crippen molar-refractivity contribution in [2.24, 2.45) is 4.99 Å². The van der Waals surface area contributed by atoms with Crippen LogP contribution in [0.25, 0.3) is 16.8 Å². The Kier molecular flexibility index (Phi) is 5.33. The molecule has 2 aromatic carbocycles. The lowest BCUT2D eigenvalue weighted by atomic mass is 10.0. The third-order valence-corrected chi connectivity index (χ3v) is 3.63. The summed E-state index contributed by atoms with van der Waals surface area (Å²) >= 11 is 0. The van der Waals surface area contributed by atoms with Gasteiger partial charge in [0.1, 0.15) is 11.6 Å². The Bertz CT molecular complexity index is 889. The highest BCUT2D eigenvalue weighted by molar-refractivity contribution is 6.07. The van der Waals surface area contributed by atoms with E-state index < -0.39 is 0 Å². The molecule has 5 heteroatoms. The van der Waals surface area contributed by atoms with Crippen molar-refractivity contribution >= 4 is 28.6 Å². The number of amides is 1. The van der Waals surface area contributed by atoms with Crippen molar-refractivity contribution in [3.05, 3.63) is 47.0 Å². The van der Waals surface area contributed by atoms with E-state index in [0.717, 1.165) is 27.6 Å². The third kappa shape index (κ3) is 3.99. The number of amidine groups is 1. The number of carbonyl (C=O) groups is 1. The zero-order valence-electron chi connectivity index (χ0n) is 14.2. The molecule has 0 aliphatic rings. The number of hydrogen-bond acceptors (Lipinski definition) is 4. The largest absolute Gasteiger partial charge is 0.496 e. The first-order valence-electron chi connectivity index (χ1n) is 7.46. The molecule has 0 unspecified atom stereocenters. The molecule has 0 spiro atoms. The molecular formula is C19H19N3O2. The number of aliphatic imine (C=N–C) groups is 1. The highest BCUT2D eigenvalue weighted by Gasteiger charge is 2.06. The molecule has 0 fully saturated rings. The average molecular weight is 321 g/mol. The van der Waals surface area contributed by atoms with E-state index in [1.807, 2.05) is 31.2 Å². The Labute approximate surface area is 141 Å². The molecule has 0 bridgehead atoms. The molecule has 0 aromatic heterocycles. The lowest BCUT2D eigenvalue weighted by Crippen LogP contribution is -2.28. The van der Waals surface area contributed by atoms with Gasteiger partial charge >= 0.3 is 0 Å². The quantitative estimate of drug-likeness (QED) is 0.406. The molecule has 24 heavy (non-hydrogen) atoms. The number of benzene rings is 2. The second-order valence-corrected chi connectivity index (χ2v) is 5.51. The molecular weight excluding hydrogens is 302 g/mol. The summed E-state index contributed by atoms with van der Waals surface area (Å²) in [4.78, 5) is 15.5. The number of nitrogens with one attached hydrogen (secondary N) is 1. The summed E-state index contributed by atoms with van der Waals surface area (Å²) in [5.41, 5.74) is 2.52. The second kappa shape index (κ2) is 7.42. The molecule has 0 atom stereocenters. The van der Waals surface area contributed by atoms with E-state index in [2.05, 4.69) is 16.4 Å². The lowest BCUT2D eigenvalue weighted by Gasteiger charge is -2.08. The van der Waals surface area contributed by atoms with E-state index in [-0.39, 0.29) is 11.7 Å². The van der Waals surface area contributed by atoms with Gasteiger partial charge < -0.3 is 10.1 Å². The van der Waals surface area contributed by atoms with Crippen LogP contribution in [0.15, 0.2) is 40.9 Å². The Hall–Kier alpha value is -3.13. The van der Waals surface area contributed by atoms with Gasteiger partial charge in [-0.1, -0.05) is 12.1 Å². The van der Waals surface area contributed by atoms with Crippen molar-refractivity contribution in [2.45, 2.75) is 20.8 Å². The van der Waals surface area contributed by atoms with Crippen LogP contribution in [0.4, 0.5) is 0 Å². The van der Waals surface area contributed by atoms with Crippen LogP contribution < -0.4 is 10.1 Å². The molecule has 5 nitrogen and oxygen atoms in total. The van der Waals surface area contributed by atoms with Gasteiger partial charge in [-0.2, -0.15) is 10.3 Å². The number of ether oxygens (including phenoxy) is 1. The highest BCUT2D eigenvalue weighted by Crippen LogP contribution is 2.26. The van der Waals surface area contributed by atoms with Gasteiger partial charge in [0.2, 0.25) is 6.19 Å². The monoisotopic (exact) mass is 321 g/mol. The number of carbonyl (C=O) groups excluding carboxylic acids is 1. The topological polar surface area (TPSA) is 74.5 Å². The molecule has 0 saturated carbocycles. The number of fused-ring (bicyclic) bond motifs is 1. The van der Waals surface area contributed by atoms with Crippen molar-refractivity contribution in [1.29, 1.82) is 5.26 Å². The van der Waals surface area contributed by atoms with Crippen LogP contribution in [0, 0.1) is 18.4 Å². The van der Waals surface area contributed by atoms with E-state index >= 15 is 0 Å². The molecule has 1 N–H and O–H groups in total. The third-order valence-electron chi connectivity index (χ3n) is 3.63.